The largest absolute Gasteiger partial charge is 0.330 e. The number of aromatic nitrogens is 1. The minimum atomic E-state index is -3.70. The van der Waals surface area contributed by atoms with Crippen LogP contribution in [0.5, 0.6) is 0 Å². The lowest BCUT2D eigenvalue weighted by molar-refractivity contribution is -0.141. The molecular formula is C22H26N4O5S2. The van der Waals surface area contributed by atoms with Gasteiger partial charge in [-0.1, -0.05) is 12.1 Å². The second-order valence-corrected chi connectivity index (χ2v) is 11.1. The lowest BCUT2D eigenvalue weighted by atomic mass is 9.96. The van der Waals surface area contributed by atoms with Crippen LogP contribution < -0.4 is 5.32 Å². The highest BCUT2D eigenvalue weighted by molar-refractivity contribution is 7.89. The van der Waals surface area contributed by atoms with Crippen LogP contribution in [0.25, 0.3) is 0 Å². The standard InChI is InChI=1S/C22H26N4O5S2/c1-15(27)16-4-6-18(7-5-16)33(30,31)25-12-8-17(9-13-25)21(29)26-11-2-3-19(26)20(28)24-22-23-10-14-32-22/h4-7,10,14,17,19H,2-3,8-9,11-13H2,1H3,(H,23,24,28). The van der Waals surface area contributed by atoms with Crippen LogP contribution in [0.15, 0.2) is 40.7 Å². The Morgan fingerprint density at radius 1 is 1.06 bits per heavy atom. The number of sulfonamides is 1. The molecule has 4 rings (SSSR count). The number of likely N-dealkylation sites (tertiary alicyclic amines) is 1. The quantitative estimate of drug-likeness (QED) is 0.622. The van der Waals surface area contributed by atoms with Gasteiger partial charge in [0.05, 0.1) is 4.90 Å². The van der Waals surface area contributed by atoms with Crippen molar-refractivity contribution in [1.29, 1.82) is 0 Å². The van der Waals surface area contributed by atoms with Gasteiger partial charge in [-0.3, -0.25) is 14.4 Å². The predicted molar refractivity (Wildman–Crippen MR) is 123 cm³/mol. The van der Waals surface area contributed by atoms with Crippen LogP contribution in [-0.4, -0.2) is 65.9 Å². The van der Waals surface area contributed by atoms with Gasteiger partial charge in [-0.15, -0.1) is 11.3 Å². The summed E-state index contributed by atoms with van der Waals surface area (Å²) in [5.74, 6) is -0.761. The van der Waals surface area contributed by atoms with Crippen molar-refractivity contribution >= 4 is 44.1 Å². The van der Waals surface area contributed by atoms with Gasteiger partial charge < -0.3 is 10.2 Å². The molecule has 11 heteroatoms. The van der Waals surface area contributed by atoms with E-state index in [0.717, 1.165) is 6.42 Å². The van der Waals surface area contributed by atoms with Crippen LogP contribution in [0.4, 0.5) is 5.13 Å². The Kier molecular flexibility index (Phi) is 6.91. The molecule has 0 bridgehead atoms. The molecule has 2 amide bonds. The zero-order valence-electron chi connectivity index (χ0n) is 18.3. The summed E-state index contributed by atoms with van der Waals surface area (Å²) in [4.78, 5) is 43.1. The van der Waals surface area contributed by atoms with Gasteiger partial charge in [0.2, 0.25) is 21.8 Å². The van der Waals surface area contributed by atoms with Crippen LogP contribution in [0.2, 0.25) is 0 Å². The molecule has 1 atom stereocenters. The maximum atomic E-state index is 13.2. The fraction of sp³-hybridized carbons (Fsp3) is 0.455. The van der Waals surface area contributed by atoms with Gasteiger partial charge in [0.1, 0.15) is 6.04 Å². The van der Waals surface area contributed by atoms with Crippen LogP contribution in [-0.2, 0) is 19.6 Å². The smallest absolute Gasteiger partial charge is 0.248 e. The first-order valence-corrected chi connectivity index (χ1v) is 13.2. The Hall–Kier alpha value is -2.63. The first kappa shape index (κ1) is 23.5. The number of benzene rings is 1. The number of hydrogen-bond acceptors (Lipinski definition) is 7. The minimum absolute atomic E-state index is 0.0883. The normalized spacial score (nSPS) is 20.0. The number of carbonyl (C=O) groups is 3. The van der Waals surface area contributed by atoms with Gasteiger partial charge in [0.15, 0.2) is 10.9 Å². The summed E-state index contributed by atoms with van der Waals surface area (Å²) in [7, 11) is -3.70. The van der Waals surface area contributed by atoms with Gasteiger partial charge >= 0.3 is 0 Å². The number of anilines is 1. The number of nitrogens with one attached hydrogen (secondary N) is 1. The lowest BCUT2D eigenvalue weighted by Crippen LogP contribution is -2.48. The van der Waals surface area contributed by atoms with E-state index in [1.165, 1.54) is 46.8 Å². The number of ketones is 1. The van der Waals surface area contributed by atoms with E-state index in [2.05, 4.69) is 10.3 Å². The summed E-state index contributed by atoms with van der Waals surface area (Å²) in [6.45, 7) is 2.42. The third kappa shape index (κ3) is 4.99. The molecule has 176 valence electrons. The van der Waals surface area contributed by atoms with Gasteiger partial charge in [-0.05, 0) is 44.7 Å². The van der Waals surface area contributed by atoms with Crippen molar-refractivity contribution in [1.82, 2.24) is 14.2 Å². The molecule has 0 radical (unpaired) electrons. The Bertz CT molecular complexity index is 1120. The maximum absolute atomic E-state index is 13.2. The summed E-state index contributed by atoms with van der Waals surface area (Å²) in [5.41, 5.74) is 0.456. The first-order valence-electron chi connectivity index (χ1n) is 10.9. The molecule has 1 aromatic heterocycles. The van der Waals surface area contributed by atoms with Crippen molar-refractivity contribution in [3.63, 3.8) is 0 Å². The van der Waals surface area contributed by atoms with E-state index < -0.39 is 16.1 Å². The summed E-state index contributed by atoms with van der Waals surface area (Å²) < 4.78 is 27.3. The van der Waals surface area contributed by atoms with Crippen LogP contribution in [0, 0.1) is 5.92 Å². The monoisotopic (exact) mass is 490 g/mol. The molecule has 2 fully saturated rings. The molecule has 2 aliphatic rings. The average Bonchev–Trinajstić information content (AvgIpc) is 3.51. The summed E-state index contributed by atoms with van der Waals surface area (Å²) in [5, 5.41) is 5.05. The molecule has 33 heavy (non-hydrogen) atoms. The molecule has 2 aromatic rings. The zero-order chi connectivity index (χ0) is 23.6. The highest BCUT2D eigenvalue weighted by Crippen LogP contribution is 2.29. The number of carbonyl (C=O) groups excluding carboxylic acids is 3. The number of nitrogens with zero attached hydrogens (tertiary/aromatic N) is 3. The molecule has 2 aliphatic heterocycles. The molecule has 0 aliphatic carbocycles. The highest BCUT2D eigenvalue weighted by Gasteiger charge is 2.39. The van der Waals surface area contributed by atoms with Crippen molar-refractivity contribution in [2.75, 3.05) is 25.0 Å². The van der Waals surface area contributed by atoms with E-state index in [1.54, 1.807) is 16.5 Å². The number of rotatable bonds is 6. The molecule has 3 heterocycles. The Labute approximate surface area is 196 Å². The number of amides is 2. The lowest BCUT2D eigenvalue weighted by Gasteiger charge is -2.34. The van der Waals surface area contributed by atoms with Crippen LogP contribution >= 0.6 is 11.3 Å². The van der Waals surface area contributed by atoms with Crippen molar-refractivity contribution in [2.24, 2.45) is 5.92 Å². The third-order valence-corrected chi connectivity index (χ3v) is 8.80. The van der Waals surface area contributed by atoms with Gasteiger partial charge in [-0.25, -0.2) is 13.4 Å². The molecule has 1 N–H and O–H groups in total. The first-order chi connectivity index (χ1) is 15.8. The Morgan fingerprint density at radius 2 is 1.76 bits per heavy atom. The number of hydrogen-bond donors (Lipinski definition) is 1. The van der Waals surface area contributed by atoms with Gasteiger partial charge in [-0.2, -0.15) is 4.31 Å². The molecular weight excluding hydrogens is 464 g/mol. The van der Waals surface area contributed by atoms with Crippen molar-refractivity contribution in [2.45, 2.75) is 43.5 Å². The van der Waals surface area contributed by atoms with Gasteiger partial charge in [0, 0.05) is 42.7 Å². The zero-order valence-corrected chi connectivity index (χ0v) is 19.9. The van der Waals surface area contributed by atoms with E-state index >= 15 is 0 Å². The van der Waals surface area contributed by atoms with E-state index in [9.17, 15) is 22.8 Å². The minimum Gasteiger partial charge on any atom is -0.330 e. The third-order valence-electron chi connectivity index (χ3n) is 6.20. The van der Waals surface area contributed by atoms with E-state index in [4.69, 9.17) is 0 Å². The topological polar surface area (TPSA) is 117 Å². The maximum Gasteiger partial charge on any atom is 0.248 e. The van der Waals surface area contributed by atoms with E-state index in [-0.39, 0.29) is 41.5 Å². The molecule has 0 spiro atoms. The molecule has 1 unspecified atom stereocenters. The highest BCUT2D eigenvalue weighted by atomic mass is 32.2. The number of thiazole rings is 1. The van der Waals surface area contributed by atoms with Crippen LogP contribution in [0.3, 0.4) is 0 Å². The second-order valence-electron chi connectivity index (χ2n) is 8.28. The fourth-order valence-corrected chi connectivity index (χ4v) is 6.37. The van der Waals surface area contributed by atoms with Crippen molar-refractivity contribution in [3.8, 4) is 0 Å². The summed E-state index contributed by atoms with van der Waals surface area (Å²) in [6.07, 6.45) is 3.77. The second kappa shape index (κ2) is 9.70. The fourth-order valence-electron chi connectivity index (χ4n) is 4.37. The van der Waals surface area contributed by atoms with Crippen LogP contribution in [0.1, 0.15) is 43.0 Å². The number of piperidine rings is 1. The van der Waals surface area contributed by atoms with Crippen molar-refractivity contribution in [3.05, 3.63) is 41.4 Å². The number of Topliss-reactive ketones (excluding diaryl/α,β-unsaturated/α-hetero) is 1. The molecule has 0 saturated carbocycles. The van der Waals surface area contributed by atoms with E-state index in [0.29, 0.717) is 36.5 Å². The Balaban J connectivity index is 1.37. The summed E-state index contributed by atoms with van der Waals surface area (Å²) >= 11 is 1.32. The SMILES string of the molecule is CC(=O)c1ccc(S(=O)(=O)N2CCC(C(=O)N3CCCC3C(=O)Nc3nccs3)CC2)cc1. The average molecular weight is 491 g/mol. The predicted octanol–water partition coefficient (Wildman–Crippen LogP) is 2.38. The van der Waals surface area contributed by atoms with E-state index in [1.807, 2.05) is 0 Å². The molecule has 1 aromatic carbocycles. The molecule has 9 nitrogen and oxygen atoms in total. The van der Waals surface area contributed by atoms with Crippen molar-refractivity contribution < 1.29 is 22.8 Å². The molecule has 2 saturated heterocycles. The van der Waals surface area contributed by atoms with Gasteiger partial charge in [0.25, 0.3) is 0 Å². The summed E-state index contributed by atoms with van der Waals surface area (Å²) in [6, 6.07) is 5.38. The Morgan fingerprint density at radius 3 is 2.36 bits per heavy atom.